The van der Waals surface area contributed by atoms with E-state index >= 15 is 0 Å². The molecule has 0 aliphatic heterocycles. The van der Waals surface area contributed by atoms with E-state index in [0.717, 1.165) is 0 Å². The van der Waals surface area contributed by atoms with E-state index in [1.54, 1.807) is 0 Å². The molecule has 0 saturated carbocycles. The minimum Gasteiger partial charge on any atom is -0.366 e. The van der Waals surface area contributed by atoms with Gasteiger partial charge in [0.15, 0.2) is 0 Å². The molecular formula is C8H12FNO. The van der Waals surface area contributed by atoms with Gasteiger partial charge < -0.3 is 5.73 Å². The molecule has 0 fully saturated rings. The molecule has 0 heterocycles. The Labute approximate surface area is 65.6 Å². The molecule has 0 unspecified atom stereocenters. The van der Waals surface area contributed by atoms with Crippen LogP contribution < -0.4 is 5.73 Å². The summed E-state index contributed by atoms with van der Waals surface area (Å²) in [7, 11) is 0. The summed E-state index contributed by atoms with van der Waals surface area (Å²) in [6.07, 6.45) is 3.28. The predicted molar refractivity (Wildman–Crippen MR) is 42.4 cm³/mol. The van der Waals surface area contributed by atoms with Crippen LogP contribution >= 0.6 is 0 Å². The van der Waals surface area contributed by atoms with Gasteiger partial charge in [-0.2, -0.15) is 0 Å². The Morgan fingerprint density at radius 2 is 2.18 bits per heavy atom. The van der Waals surface area contributed by atoms with Gasteiger partial charge in [0.2, 0.25) is 0 Å². The number of hydrogen-bond acceptors (Lipinski definition) is 1. The molecule has 11 heavy (non-hydrogen) atoms. The lowest BCUT2D eigenvalue weighted by Crippen LogP contribution is -2.14. The lowest BCUT2D eigenvalue weighted by molar-refractivity contribution is -0.114. The topological polar surface area (TPSA) is 43.1 Å². The summed E-state index contributed by atoms with van der Waals surface area (Å²) in [6.45, 7) is 3.33. The van der Waals surface area contributed by atoms with E-state index in [-0.39, 0.29) is 5.57 Å². The quantitative estimate of drug-likeness (QED) is 0.491. The van der Waals surface area contributed by atoms with Crippen LogP contribution in [0.5, 0.6) is 0 Å². The summed E-state index contributed by atoms with van der Waals surface area (Å²) >= 11 is 0. The van der Waals surface area contributed by atoms with E-state index in [1.807, 2.05) is 6.92 Å². The van der Waals surface area contributed by atoms with Gasteiger partial charge in [0.25, 0.3) is 5.91 Å². The van der Waals surface area contributed by atoms with Gasteiger partial charge >= 0.3 is 0 Å². The first kappa shape index (κ1) is 9.88. The molecular weight excluding hydrogens is 145 g/mol. The third-order valence-corrected chi connectivity index (χ3v) is 1.18. The van der Waals surface area contributed by atoms with Crippen molar-refractivity contribution in [1.29, 1.82) is 0 Å². The zero-order valence-electron chi connectivity index (χ0n) is 6.73. The third kappa shape index (κ3) is 2.98. The van der Waals surface area contributed by atoms with Crippen molar-refractivity contribution in [3.8, 4) is 0 Å². The lowest BCUT2D eigenvalue weighted by Gasteiger charge is -1.97. The Morgan fingerprint density at radius 1 is 1.64 bits per heavy atom. The van der Waals surface area contributed by atoms with Crippen molar-refractivity contribution >= 4 is 5.91 Å². The van der Waals surface area contributed by atoms with Crippen LogP contribution in [0.25, 0.3) is 0 Å². The molecule has 0 aliphatic rings. The van der Waals surface area contributed by atoms with E-state index in [9.17, 15) is 9.18 Å². The molecule has 0 spiro atoms. The predicted octanol–water partition coefficient (Wildman–Crippen LogP) is 1.68. The Bertz CT molecular complexity index is 206. The smallest absolute Gasteiger partial charge is 0.251 e. The number of allylic oxidation sites excluding steroid dienone is 2. The highest BCUT2D eigenvalue weighted by molar-refractivity contribution is 5.95. The highest BCUT2D eigenvalue weighted by atomic mass is 19.1. The van der Waals surface area contributed by atoms with Crippen molar-refractivity contribution in [2.75, 3.05) is 0 Å². The van der Waals surface area contributed by atoms with E-state index in [2.05, 4.69) is 0 Å². The molecule has 0 aromatic heterocycles. The summed E-state index contributed by atoms with van der Waals surface area (Å²) in [5.74, 6) is -1.28. The number of rotatable bonds is 3. The van der Waals surface area contributed by atoms with E-state index in [1.165, 1.54) is 19.1 Å². The standard InChI is InChI=1S/C8H12FNO/c1-3-5-6(8(10)11)7(9)4-2/h4-5H,3H2,1-2H3,(H2,10,11)/b6-5-,7-4+. The minimum atomic E-state index is -0.720. The highest BCUT2D eigenvalue weighted by Gasteiger charge is 2.07. The van der Waals surface area contributed by atoms with E-state index < -0.39 is 11.7 Å². The number of carbonyl (C=O) groups is 1. The Kier molecular flexibility index (Phi) is 4.18. The fraction of sp³-hybridized carbons (Fsp3) is 0.375. The van der Waals surface area contributed by atoms with Gasteiger partial charge in [-0.05, 0) is 13.3 Å². The van der Waals surface area contributed by atoms with Gasteiger partial charge in [-0.1, -0.05) is 19.1 Å². The SMILES string of the molecule is C/C=C(F)\C(=C\CC)C(N)=O. The molecule has 0 saturated heterocycles. The molecule has 0 aromatic rings. The number of carbonyl (C=O) groups excluding carboxylic acids is 1. The summed E-state index contributed by atoms with van der Waals surface area (Å²) in [5.41, 5.74) is 4.88. The molecule has 0 aromatic carbocycles. The second-order valence-corrected chi connectivity index (χ2v) is 2.03. The van der Waals surface area contributed by atoms with Crippen LogP contribution in [0.1, 0.15) is 20.3 Å². The van der Waals surface area contributed by atoms with Crippen molar-refractivity contribution in [3.05, 3.63) is 23.6 Å². The molecule has 0 aliphatic carbocycles. The molecule has 2 nitrogen and oxygen atoms in total. The summed E-state index contributed by atoms with van der Waals surface area (Å²) in [6, 6.07) is 0. The number of primary amides is 1. The largest absolute Gasteiger partial charge is 0.366 e. The van der Waals surface area contributed by atoms with Crippen LogP contribution in [0.3, 0.4) is 0 Å². The second-order valence-electron chi connectivity index (χ2n) is 2.03. The fourth-order valence-corrected chi connectivity index (χ4v) is 0.675. The second kappa shape index (κ2) is 4.66. The van der Waals surface area contributed by atoms with Gasteiger partial charge in [-0.15, -0.1) is 0 Å². The zero-order chi connectivity index (χ0) is 8.85. The molecule has 0 rings (SSSR count). The van der Waals surface area contributed by atoms with Gasteiger partial charge in [-0.3, -0.25) is 4.79 Å². The molecule has 2 N–H and O–H groups in total. The first-order valence-electron chi connectivity index (χ1n) is 3.45. The lowest BCUT2D eigenvalue weighted by atomic mass is 10.2. The van der Waals surface area contributed by atoms with Crippen LogP contribution in [0.4, 0.5) is 4.39 Å². The fourth-order valence-electron chi connectivity index (χ4n) is 0.675. The van der Waals surface area contributed by atoms with Crippen molar-refractivity contribution in [1.82, 2.24) is 0 Å². The van der Waals surface area contributed by atoms with E-state index in [4.69, 9.17) is 5.73 Å². The molecule has 3 heteroatoms. The van der Waals surface area contributed by atoms with Gasteiger partial charge in [0.05, 0.1) is 5.57 Å². The first-order valence-corrected chi connectivity index (χ1v) is 3.45. The number of amides is 1. The van der Waals surface area contributed by atoms with Gasteiger partial charge in [0, 0.05) is 0 Å². The summed E-state index contributed by atoms with van der Waals surface area (Å²) in [4.78, 5) is 10.6. The molecule has 1 amide bonds. The molecule has 0 atom stereocenters. The maximum absolute atomic E-state index is 12.7. The molecule has 0 radical (unpaired) electrons. The average molecular weight is 157 g/mol. The normalized spacial score (nSPS) is 13.4. The Morgan fingerprint density at radius 3 is 2.45 bits per heavy atom. The van der Waals surface area contributed by atoms with Crippen LogP contribution in [-0.2, 0) is 4.79 Å². The van der Waals surface area contributed by atoms with Gasteiger partial charge in [-0.25, -0.2) is 4.39 Å². The third-order valence-electron chi connectivity index (χ3n) is 1.18. The highest BCUT2D eigenvalue weighted by Crippen LogP contribution is 2.10. The molecule has 0 bridgehead atoms. The summed E-state index contributed by atoms with van der Waals surface area (Å²) < 4.78 is 12.7. The zero-order valence-corrected chi connectivity index (χ0v) is 6.73. The van der Waals surface area contributed by atoms with Gasteiger partial charge in [0.1, 0.15) is 5.83 Å². The Hall–Kier alpha value is -1.12. The average Bonchev–Trinajstić information content (AvgIpc) is 1.98. The maximum Gasteiger partial charge on any atom is 0.251 e. The first-order chi connectivity index (χ1) is 5.13. The van der Waals surface area contributed by atoms with Crippen LogP contribution in [0, 0.1) is 0 Å². The van der Waals surface area contributed by atoms with Crippen molar-refractivity contribution < 1.29 is 9.18 Å². The minimum absolute atomic E-state index is 0.0324. The van der Waals surface area contributed by atoms with Crippen molar-refractivity contribution in [3.63, 3.8) is 0 Å². The molecule has 62 valence electrons. The van der Waals surface area contributed by atoms with Crippen LogP contribution in [0.2, 0.25) is 0 Å². The monoisotopic (exact) mass is 157 g/mol. The van der Waals surface area contributed by atoms with Crippen LogP contribution in [0.15, 0.2) is 23.6 Å². The maximum atomic E-state index is 12.7. The number of hydrogen-bond donors (Lipinski definition) is 1. The Balaban J connectivity index is 4.62. The summed E-state index contributed by atoms with van der Waals surface area (Å²) in [5, 5.41) is 0. The number of nitrogens with two attached hydrogens (primary N) is 1. The van der Waals surface area contributed by atoms with Crippen LogP contribution in [-0.4, -0.2) is 5.91 Å². The number of halogens is 1. The van der Waals surface area contributed by atoms with Crippen molar-refractivity contribution in [2.45, 2.75) is 20.3 Å². The van der Waals surface area contributed by atoms with E-state index in [0.29, 0.717) is 6.42 Å². The van der Waals surface area contributed by atoms with Crippen molar-refractivity contribution in [2.24, 2.45) is 5.73 Å².